The predicted molar refractivity (Wildman–Crippen MR) is 47.9 cm³/mol. The quantitative estimate of drug-likeness (QED) is 0.602. The molecule has 56 valence electrons. The lowest BCUT2D eigenvalue weighted by atomic mass is 10.5. The molecule has 0 bridgehead atoms. The van der Waals surface area contributed by atoms with Gasteiger partial charge >= 0.3 is 0 Å². The van der Waals surface area contributed by atoms with Gasteiger partial charge in [-0.2, -0.15) is 0 Å². The van der Waals surface area contributed by atoms with Gasteiger partial charge in [0.2, 0.25) is 0 Å². The number of hydrogen-bond donors (Lipinski definition) is 0. The van der Waals surface area contributed by atoms with Crippen LogP contribution >= 0.6 is 37.2 Å². The molecule has 0 unspecified atom stereocenters. The zero-order valence-corrected chi connectivity index (χ0v) is 9.50. The van der Waals surface area contributed by atoms with Crippen LogP contribution in [0.3, 0.4) is 0 Å². The molecular formula is C3H13Cl3OSi. The van der Waals surface area contributed by atoms with Gasteiger partial charge in [0.25, 0.3) is 0 Å². The van der Waals surface area contributed by atoms with E-state index in [9.17, 15) is 0 Å². The third kappa shape index (κ3) is 27.8. The van der Waals surface area contributed by atoms with Crippen LogP contribution in [0.25, 0.3) is 0 Å². The Hall–Kier alpha value is 1.05. The second kappa shape index (κ2) is 24.4. The average Bonchev–Trinajstić information content (AvgIpc) is 1.41. The molecule has 0 aromatic carbocycles. The molecule has 0 saturated heterocycles. The lowest BCUT2D eigenvalue weighted by molar-refractivity contribution is 0.349. The smallest absolute Gasteiger partial charge is 0.145 e. The minimum atomic E-state index is 0. The summed E-state index contributed by atoms with van der Waals surface area (Å²) in [4.78, 5) is 0. The Morgan fingerprint density at radius 2 is 1.62 bits per heavy atom. The molecule has 0 amide bonds. The van der Waals surface area contributed by atoms with Gasteiger partial charge in [0.05, 0.1) is 0 Å². The highest BCUT2D eigenvalue weighted by Crippen LogP contribution is 1.69. The van der Waals surface area contributed by atoms with E-state index in [1.165, 1.54) is 0 Å². The molecule has 0 aromatic heterocycles. The second-order valence-corrected chi connectivity index (χ2v) is 1.57. The molecule has 0 saturated carbocycles. The number of hydrogen-bond acceptors (Lipinski definition) is 1. The first-order chi connectivity index (χ1) is 2.41. The summed E-state index contributed by atoms with van der Waals surface area (Å²) in [6.45, 7) is 3.06. The Balaban J connectivity index is -0.0000000267. The van der Waals surface area contributed by atoms with Crippen LogP contribution in [0.15, 0.2) is 0 Å². The Labute approximate surface area is 72.3 Å². The van der Waals surface area contributed by atoms with E-state index in [2.05, 4.69) is 6.92 Å². The molecule has 1 nitrogen and oxygen atoms in total. The number of rotatable bonds is 2. The first kappa shape index (κ1) is 23.0. The third-order valence-electron chi connectivity index (χ3n) is 0.408. The molecule has 0 aliphatic carbocycles. The van der Waals surface area contributed by atoms with Crippen molar-refractivity contribution in [3.8, 4) is 0 Å². The zero-order valence-electron chi connectivity index (χ0n) is 5.05. The summed E-state index contributed by atoms with van der Waals surface area (Å²) in [5.41, 5.74) is 0. The first-order valence-corrected chi connectivity index (χ1v) is 2.72. The van der Waals surface area contributed by atoms with Gasteiger partial charge in [-0.05, 0) is 6.42 Å². The van der Waals surface area contributed by atoms with Gasteiger partial charge in [-0.1, -0.05) is 6.92 Å². The van der Waals surface area contributed by atoms with Crippen molar-refractivity contribution in [1.29, 1.82) is 0 Å². The molecule has 0 atom stereocenters. The fourth-order valence-corrected chi connectivity index (χ4v) is 0.612. The minimum absolute atomic E-state index is 0. The van der Waals surface area contributed by atoms with Crippen molar-refractivity contribution in [3.05, 3.63) is 0 Å². The Morgan fingerprint density at radius 1 is 1.25 bits per heavy atom. The highest BCUT2D eigenvalue weighted by molar-refractivity contribution is 5.97. The largest absolute Gasteiger partial charge is 0.428 e. The molecular weight excluding hydrogens is 186 g/mol. The highest BCUT2D eigenvalue weighted by Gasteiger charge is 1.65. The second-order valence-electron chi connectivity index (χ2n) is 0.993. The molecule has 0 aliphatic rings. The molecule has 0 aliphatic heterocycles. The average molecular weight is 200 g/mol. The molecule has 0 rings (SSSR count). The van der Waals surface area contributed by atoms with Crippen LogP contribution in [0, 0.1) is 0 Å². The Morgan fingerprint density at radius 3 is 1.62 bits per heavy atom. The maximum Gasteiger partial charge on any atom is 0.145 e. The van der Waals surface area contributed by atoms with E-state index >= 15 is 0 Å². The van der Waals surface area contributed by atoms with Gasteiger partial charge in [0, 0.05) is 6.61 Å². The van der Waals surface area contributed by atoms with Gasteiger partial charge in [-0.15, -0.1) is 37.2 Å². The highest BCUT2D eigenvalue weighted by atomic mass is 35.5. The lowest BCUT2D eigenvalue weighted by Crippen LogP contribution is -1.83. The van der Waals surface area contributed by atoms with Crippen LogP contribution in [0.5, 0.6) is 0 Å². The minimum Gasteiger partial charge on any atom is -0.428 e. The maximum atomic E-state index is 4.83. The van der Waals surface area contributed by atoms with Gasteiger partial charge in [-0.25, -0.2) is 0 Å². The van der Waals surface area contributed by atoms with Crippen LogP contribution in [-0.2, 0) is 4.43 Å². The SMILES string of the molecule is CCCO[SiH3].Cl.Cl.Cl. The van der Waals surface area contributed by atoms with Crippen molar-refractivity contribution in [2.24, 2.45) is 0 Å². The van der Waals surface area contributed by atoms with Gasteiger partial charge in [-0.3, -0.25) is 0 Å². The van der Waals surface area contributed by atoms with Crippen LogP contribution in [0.2, 0.25) is 0 Å². The predicted octanol–water partition coefficient (Wildman–Crippen LogP) is 0.959. The summed E-state index contributed by atoms with van der Waals surface area (Å²) in [5.74, 6) is 0. The summed E-state index contributed by atoms with van der Waals surface area (Å²) >= 11 is 0. The molecule has 0 fully saturated rings. The lowest BCUT2D eigenvalue weighted by Gasteiger charge is -1.85. The van der Waals surface area contributed by atoms with Crippen molar-refractivity contribution in [2.45, 2.75) is 13.3 Å². The van der Waals surface area contributed by atoms with Gasteiger partial charge in [0.1, 0.15) is 10.5 Å². The van der Waals surface area contributed by atoms with Crippen molar-refractivity contribution in [3.63, 3.8) is 0 Å². The fraction of sp³-hybridized carbons (Fsp3) is 1.00. The standard InChI is InChI=1S/C3H10OSi.3ClH/c1-2-3-4-5;;;/h2-3H2,1,5H3;3*1H. The summed E-state index contributed by atoms with van der Waals surface area (Å²) in [6.07, 6.45) is 1.16. The summed E-state index contributed by atoms with van der Waals surface area (Å²) in [5, 5.41) is 0. The maximum absolute atomic E-state index is 4.83. The van der Waals surface area contributed by atoms with Gasteiger partial charge < -0.3 is 4.43 Å². The molecule has 8 heavy (non-hydrogen) atoms. The topological polar surface area (TPSA) is 9.23 Å². The molecule has 0 radical (unpaired) electrons. The van der Waals surface area contributed by atoms with Crippen molar-refractivity contribution < 1.29 is 4.43 Å². The number of halogens is 3. The van der Waals surface area contributed by atoms with E-state index in [4.69, 9.17) is 4.43 Å². The van der Waals surface area contributed by atoms with Crippen LogP contribution < -0.4 is 0 Å². The summed E-state index contributed by atoms with van der Waals surface area (Å²) < 4.78 is 4.83. The molecule has 5 heteroatoms. The van der Waals surface area contributed by atoms with Crippen molar-refractivity contribution in [2.75, 3.05) is 6.61 Å². The molecule has 0 aromatic rings. The van der Waals surface area contributed by atoms with E-state index in [0.29, 0.717) is 0 Å². The summed E-state index contributed by atoms with van der Waals surface area (Å²) in [7, 11) is 0.899. The normalized spacial score (nSPS) is 5.62. The van der Waals surface area contributed by atoms with E-state index in [1.54, 1.807) is 0 Å². The van der Waals surface area contributed by atoms with Crippen LogP contribution in [-0.4, -0.2) is 17.1 Å². The summed E-state index contributed by atoms with van der Waals surface area (Å²) in [6, 6.07) is 0. The Bertz CT molecular complexity index is 22.0. The van der Waals surface area contributed by atoms with E-state index in [0.717, 1.165) is 23.5 Å². The van der Waals surface area contributed by atoms with Crippen LogP contribution in [0.4, 0.5) is 0 Å². The Kier molecular flexibility index (Phi) is 70.1. The monoisotopic (exact) mass is 198 g/mol. The van der Waals surface area contributed by atoms with Crippen molar-refractivity contribution >= 4 is 47.7 Å². The van der Waals surface area contributed by atoms with Crippen LogP contribution in [0.1, 0.15) is 13.3 Å². The zero-order chi connectivity index (χ0) is 4.12. The van der Waals surface area contributed by atoms with E-state index in [1.807, 2.05) is 0 Å². The first-order valence-electron chi connectivity index (χ1n) is 1.90. The third-order valence-corrected chi connectivity index (χ3v) is 0.816. The van der Waals surface area contributed by atoms with E-state index < -0.39 is 0 Å². The fourth-order valence-electron chi connectivity index (χ4n) is 0.204. The molecule has 0 N–H and O–H groups in total. The van der Waals surface area contributed by atoms with Crippen molar-refractivity contribution in [1.82, 2.24) is 0 Å². The van der Waals surface area contributed by atoms with E-state index in [-0.39, 0.29) is 37.2 Å². The molecule has 0 spiro atoms. The van der Waals surface area contributed by atoms with Gasteiger partial charge in [0.15, 0.2) is 0 Å². The molecule has 0 heterocycles.